The largest absolute Gasteiger partial charge is 0.381 e. The van der Waals surface area contributed by atoms with Crippen molar-refractivity contribution in [1.82, 2.24) is 4.90 Å². The first-order valence-corrected chi connectivity index (χ1v) is 7.68. The lowest BCUT2D eigenvalue weighted by atomic mass is 10.1. The van der Waals surface area contributed by atoms with Gasteiger partial charge in [0.1, 0.15) is 0 Å². The second-order valence-electron chi connectivity index (χ2n) is 5.08. The van der Waals surface area contributed by atoms with Crippen LogP contribution in [0.1, 0.15) is 78.1 Å². The standard InChI is InChI=1S/C16H33N/c1-4-6-7-8-9-10-11-12-13-14-15-16-17(3)5-2/h15-16H,4-14H2,1-3H3. The van der Waals surface area contributed by atoms with Crippen LogP contribution in [0.15, 0.2) is 12.3 Å². The van der Waals surface area contributed by atoms with E-state index in [2.05, 4.69) is 38.1 Å². The predicted octanol–water partition coefficient (Wildman–Crippen LogP) is 5.37. The molecule has 0 N–H and O–H groups in total. The lowest BCUT2D eigenvalue weighted by Gasteiger charge is -2.08. The molecule has 17 heavy (non-hydrogen) atoms. The van der Waals surface area contributed by atoms with E-state index in [0.29, 0.717) is 0 Å². The van der Waals surface area contributed by atoms with Crippen LogP contribution in [0.5, 0.6) is 0 Å². The number of allylic oxidation sites excluding steroid dienone is 1. The van der Waals surface area contributed by atoms with Crippen LogP contribution in [0.4, 0.5) is 0 Å². The van der Waals surface area contributed by atoms with Gasteiger partial charge in [-0.1, -0.05) is 64.4 Å². The topological polar surface area (TPSA) is 3.24 Å². The Morgan fingerprint density at radius 1 is 0.765 bits per heavy atom. The first-order chi connectivity index (χ1) is 8.31. The van der Waals surface area contributed by atoms with Gasteiger partial charge in [-0.25, -0.2) is 0 Å². The van der Waals surface area contributed by atoms with Crippen molar-refractivity contribution in [3.8, 4) is 0 Å². The Morgan fingerprint density at radius 3 is 1.82 bits per heavy atom. The summed E-state index contributed by atoms with van der Waals surface area (Å²) in [5.74, 6) is 0. The summed E-state index contributed by atoms with van der Waals surface area (Å²) in [6.07, 6.45) is 18.6. The lowest BCUT2D eigenvalue weighted by molar-refractivity contribution is 0.481. The highest BCUT2D eigenvalue weighted by Gasteiger charge is 1.91. The Kier molecular flexibility index (Phi) is 13.2. The summed E-state index contributed by atoms with van der Waals surface area (Å²) in [7, 11) is 2.13. The molecule has 0 aromatic heterocycles. The van der Waals surface area contributed by atoms with Crippen molar-refractivity contribution in [3.05, 3.63) is 12.3 Å². The van der Waals surface area contributed by atoms with Crippen molar-refractivity contribution >= 4 is 0 Å². The van der Waals surface area contributed by atoms with E-state index in [9.17, 15) is 0 Å². The molecule has 1 nitrogen and oxygen atoms in total. The van der Waals surface area contributed by atoms with Crippen molar-refractivity contribution in [2.75, 3.05) is 13.6 Å². The molecule has 0 saturated heterocycles. The Morgan fingerprint density at radius 2 is 1.29 bits per heavy atom. The maximum absolute atomic E-state index is 2.31. The molecule has 0 aliphatic carbocycles. The molecule has 1 heteroatoms. The molecule has 0 bridgehead atoms. The average molecular weight is 239 g/mol. The van der Waals surface area contributed by atoms with Crippen molar-refractivity contribution in [3.63, 3.8) is 0 Å². The molecule has 0 rings (SSSR count). The van der Waals surface area contributed by atoms with Gasteiger partial charge in [0.05, 0.1) is 0 Å². The Hall–Kier alpha value is -0.460. The first-order valence-electron chi connectivity index (χ1n) is 7.68. The Labute approximate surface area is 109 Å². The van der Waals surface area contributed by atoms with E-state index < -0.39 is 0 Å². The van der Waals surface area contributed by atoms with Crippen LogP contribution in [-0.4, -0.2) is 18.5 Å². The van der Waals surface area contributed by atoms with Crippen molar-refractivity contribution in [2.45, 2.75) is 78.1 Å². The normalized spacial score (nSPS) is 11.2. The Bertz CT molecular complexity index is 163. The molecule has 0 saturated carbocycles. The molecular weight excluding hydrogens is 206 g/mol. The van der Waals surface area contributed by atoms with Gasteiger partial charge < -0.3 is 4.90 Å². The first kappa shape index (κ1) is 16.5. The lowest BCUT2D eigenvalue weighted by Crippen LogP contribution is -2.08. The summed E-state index contributed by atoms with van der Waals surface area (Å²) in [4.78, 5) is 2.23. The smallest absolute Gasteiger partial charge is 0.0140 e. The molecule has 0 aliphatic heterocycles. The van der Waals surface area contributed by atoms with Crippen LogP contribution in [0.2, 0.25) is 0 Å². The van der Waals surface area contributed by atoms with Crippen molar-refractivity contribution < 1.29 is 0 Å². The number of rotatable bonds is 12. The van der Waals surface area contributed by atoms with E-state index in [1.807, 2.05) is 0 Å². The third kappa shape index (κ3) is 13.5. The van der Waals surface area contributed by atoms with E-state index in [1.54, 1.807) is 0 Å². The minimum absolute atomic E-state index is 1.11. The molecule has 0 fully saturated rings. The highest BCUT2D eigenvalue weighted by Crippen LogP contribution is 2.10. The zero-order valence-corrected chi connectivity index (χ0v) is 12.4. The van der Waals surface area contributed by atoms with Gasteiger partial charge in [-0.05, 0) is 26.0 Å². The SMILES string of the molecule is CCCCCCCCCCCC=CN(C)CC. The van der Waals surface area contributed by atoms with Crippen LogP contribution in [0, 0.1) is 0 Å². The fourth-order valence-corrected chi connectivity index (χ4v) is 1.93. The maximum Gasteiger partial charge on any atom is 0.0140 e. The molecule has 0 aliphatic rings. The van der Waals surface area contributed by atoms with E-state index in [1.165, 1.54) is 64.2 Å². The average Bonchev–Trinajstić information content (AvgIpc) is 2.35. The molecule has 0 amide bonds. The number of nitrogens with zero attached hydrogens (tertiary/aromatic N) is 1. The van der Waals surface area contributed by atoms with E-state index in [4.69, 9.17) is 0 Å². The minimum atomic E-state index is 1.11. The summed E-state index contributed by atoms with van der Waals surface area (Å²) in [5.41, 5.74) is 0. The highest BCUT2D eigenvalue weighted by molar-refractivity contribution is 4.79. The molecule has 0 aromatic carbocycles. The fraction of sp³-hybridized carbons (Fsp3) is 0.875. The van der Waals surface area contributed by atoms with Crippen molar-refractivity contribution in [1.29, 1.82) is 0 Å². The zero-order chi connectivity index (χ0) is 12.8. The van der Waals surface area contributed by atoms with Crippen LogP contribution in [-0.2, 0) is 0 Å². The maximum atomic E-state index is 2.31. The van der Waals surface area contributed by atoms with Gasteiger partial charge in [0, 0.05) is 13.6 Å². The van der Waals surface area contributed by atoms with E-state index >= 15 is 0 Å². The van der Waals surface area contributed by atoms with Crippen molar-refractivity contribution in [2.24, 2.45) is 0 Å². The summed E-state index contributed by atoms with van der Waals surface area (Å²) < 4.78 is 0. The molecule has 0 spiro atoms. The van der Waals surface area contributed by atoms with Gasteiger partial charge in [0.15, 0.2) is 0 Å². The zero-order valence-electron chi connectivity index (χ0n) is 12.4. The minimum Gasteiger partial charge on any atom is -0.381 e. The molecule has 0 aromatic rings. The summed E-state index contributed by atoms with van der Waals surface area (Å²) in [6.45, 7) is 5.57. The molecule has 102 valence electrons. The Balaban J connectivity index is 3.06. The van der Waals surface area contributed by atoms with Crippen LogP contribution < -0.4 is 0 Å². The van der Waals surface area contributed by atoms with Crippen LogP contribution >= 0.6 is 0 Å². The number of hydrogen-bond donors (Lipinski definition) is 0. The van der Waals surface area contributed by atoms with Gasteiger partial charge in [0.2, 0.25) is 0 Å². The molecule has 0 unspecified atom stereocenters. The molecule has 0 radical (unpaired) electrons. The monoisotopic (exact) mass is 239 g/mol. The summed E-state index contributed by atoms with van der Waals surface area (Å²) in [5, 5.41) is 0. The van der Waals surface area contributed by atoms with Gasteiger partial charge in [-0.15, -0.1) is 0 Å². The second-order valence-corrected chi connectivity index (χ2v) is 5.08. The molecule has 0 atom stereocenters. The van der Waals surface area contributed by atoms with Gasteiger partial charge in [0.25, 0.3) is 0 Å². The third-order valence-corrected chi connectivity index (χ3v) is 3.33. The van der Waals surface area contributed by atoms with Gasteiger partial charge in [-0.2, -0.15) is 0 Å². The highest BCUT2D eigenvalue weighted by atomic mass is 15.1. The molecule has 0 heterocycles. The predicted molar refractivity (Wildman–Crippen MR) is 79.3 cm³/mol. The number of unbranched alkanes of at least 4 members (excludes halogenated alkanes) is 9. The molecular formula is C16H33N. The van der Waals surface area contributed by atoms with Crippen LogP contribution in [0.3, 0.4) is 0 Å². The second kappa shape index (κ2) is 13.6. The van der Waals surface area contributed by atoms with E-state index in [-0.39, 0.29) is 0 Å². The number of hydrogen-bond acceptors (Lipinski definition) is 1. The van der Waals surface area contributed by atoms with Gasteiger partial charge in [-0.3, -0.25) is 0 Å². The summed E-state index contributed by atoms with van der Waals surface area (Å²) >= 11 is 0. The quantitative estimate of drug-likeness (QED) is 0.414. The third-order valence-electron chi connectivity index (χ3n) is 3.33. The van der Waals surface area contributed by atoms with Gasteiger partial charge >= 0.3 is 0 Å². The fourth-order valence-electron chi connectivity index (χ4n) is 1.93. The summed E-state index contributed by atoms with van der Waals surface area (Å²) in [6, 6.07) is 0. The van der Waals surface area contributed by atoms with E-state index in [0.717, 1.165) is 6.54 Å². The van der Waals surface area contributed by atoms with Crippen LogP contribution in [0.25, 0.3) is 0 Å².